The molecule has 1 fully saturated rings. The molecule has 2 rings (SSSR count). The lowest BCUT2D eigenvalue weighted by Crippen LogP contribution is -2.18. The van der Waals surface area contributed by atoms with E-state index in [1.54, 1.807) is 0 Å². The third-order valence-corrected chi connectivity index (χ3v) is 2.97. The van der Waals surface area contributed by atoms with Gasteiger partial charge in [-0.05, 0) is 25.3 Å². The monoisotopic (exact) mass is 194 g/mol. The Balaban J connectivity index is 2.03. The molecule has 78 valence electrons. The third-order valence-electron chi connectivity index (χ3n) is 2.97. The van der Waals surface area contributed by atoms with Crippen LogP contribution in [0.4, 0.5) is 0 Å². The van der Waals surface area contributed by atoms with Gasteiger partial charge < -0.3 is 10.3 Å². The molecule has 14 heavy (non-hydrogen) atoms. The zero-order valence-electron chi connectivity index (χ0n) is 8.69. The fourth-order valence-electron chi connectivity index (χ4n) is 1.72. The van der Waals surface area contributed by atoms with Crippen LogP contribution < -0.4 is 5.73 Å². The van der Waals surface area contributed by atoms with Crippen molar-refractivity contribution in [3.8, 4) is 0 Å². The normalized spacial score (nSPS) is 18.4. The topological polar surface area (TPSA) is 56.7 Å². The fraction of sp³-hybridized carbons (Fsp3) is 0.800. The number of nitrogens with two attached hydrogens (primary N) is 1. The van der Waals surface area contributed by atoms with Gasteiger partial charge in [0.25, 0.3) is 0 Å². The summed E-state index contributed by atoms with van der Waals surface area (Å²) in [4.78, 5) is 0. The molecule has 4 nitrogen and oxygen atoms in total. The van der Waals surface area contributed by atoms with E-state index in [0.29, 0.717) is 12.0 Å². The molecule has 1 aliphatic carbocycles. The molecule has 0 amide bonds. The van der Waals surface area contributed by atoms with Gasteiger partial charge in [0.1, 0.15) is 12.2 Å². The van der Waals surface area contributed by atoms with Gasteiger partial charge in [0.15, 0.2) is 0 Å². The molecular formula is C10H18N4. The number of aromatic nitrogens is 3. The molecule has 4 heteroatoms. The van der Waals surface area contributed by atoms with Gasteiger partial charge in [-0.3, -0.25) is 0 Å². The van der Waals surface area contributed by atoms with E-state index in [0.717, 1.165) is 25.2 Å². The summed E-state index contributed by atoms with van der Waals surface area (Å²) in [5.74, 6) is 1.67. The molecule has 0 saturated heterocycles. The zero-order chi connectivity index (χ0) is 9.97. The summed E-state index contributed by atoms with van der Waals surface area (Å²) >= 11 is 0. The Hall–Kier alpha value is -0.900. The van der Waals surface area contributed by atoms with Crippen molar-refractivity contribution in [1.82, 2.24) is 14.8 Å². The van der Waals surface area contributed by atoms with Gasteiger partial charge >= 0.3 is 0 Å². The molecule has 1 aromatic heterocycles. The molecule has 1 aromatic rings. The summed E-state index contributed by atoms with van der Waals surface area (Å²) in [6.07, 6.45) is 6.52. The zero-order valence-corrected chi connectivity index (χ0v) is 8.69. The van der Waals surface area contributed by atoms with E-state index in [4.69, 9.17) is 5.73 Å². The van der Waals surface area contributed by atoms with Crippen molar-refractivity contribution in [3.05, 3.63) is 12.2 Å². The van der Waals surface area contributed by atoms with E-state index in [2.05, 4.69) is 21.7 Å². The van der Waals surface area contributed by atoms with Gasteiger partial charge in [-0.1, -0.05) is 13.3 Å². The highest BCUT2D eigenvalue weighted by molar-refractivity contribution is 4.96. The van der Waals surface area contributed by atoms with Crippen LogP contribution in [0, 0.1) is 5.92 Å². The van der Waals surface area contributed by atoms with Crippen LogP contribution in [0.1, 0.15) is 38.1 Å². The van der Waals surface area contributed by atoms with Crippen LogP contribution in [0.2, 0.25) is 0 Å². The van der Waals surface area contributed by atoms with Crippen molar-refractivity contribution in [1.29, 1.82) is 0 Å². The van der Waals surface area contributed by atoms with E-state index in [1.165, 1.54) is 12.8 Å². The molecule has 0 spiro atoms. The Bertz CT molecular complexity index is 286. The summed E-state index contributed by atoms with van der Waals surface area (Å²) in [6.45, 7) is 2.92. The van der Waals surface area contributed by atoms with Crippen LogP contribution in [0.25, 0.3) is 0 Å². The van der Waals surface area contributed by atoms with Gasteiger partial charge in [0.05, 0.1) is 0 Å². The van der Waals surface area contributed by atoms with Crippen LogP contribution in [-0.2, 0) is 6.42 Å². The van der Waals surface area contributed by atoms with E-state index in [-0.39, 0.29) is 0 Å². The second-order valence-corrected chi connectivity index (χ2v) is 4.10. The molecule has 0 aliphatic heterocycles. The number of hydrogen-bond donors (Lipinski definition) is 1. The second-order valence-electron chi connectivity index (χ2n) is 4.10. The van der Waals surface area contributed by atoms with E-state index in [1.807, 2.05) is 6.33 Å². The predicted octanol–water partition coefficient (Wildman–Crippen LogP) is 1.14. The molecule has 1 saturated carbocycles. The summed E-state index contributed by atoms with van der Waals surface area (Å²) in [6, 6.07) is 0.676. The first-order valence-corrected chi connectivity index (χ1v) is 5.43. The predicted molar refractivity (Wildman–Crippen MR) is 54.8 cm³/mol. The van der Waals surface area contributed by atoms with Crippen LogP contribution >= 0.6 is 0 Å². The molecule has 0 radical (unpaired) electrons. The highest BCUT2D eigenvalue weighted by atomic mass is 15.3. The lowest BCUT2D eigenvalue weighted by molar-refractivity contribution is 0.489. The lowest BCUT2D eigenvalue weighted by Gasteiger charge is -2.11. The first kappa shape index (κ1) is 9.65. The minimum Gasteiger partial charge on any atom is -0.330 e. The molecule has 0 bridgehead atoms. The quantitative estimate of drug-likeness (QED) is 0.764. The Morgan fingerprint density at radius 2 is 2.43 bits per heavy atom. The van der Waals surface area contributed by atoms with E-state index < -0.39 is 0 Å². The summed E-state index contributed by atoms with van der Waals surface area (Å²) < 4.78 is 2.22. The first-order chi connectivity index (χ1) is 6.85. The SMILES string of the molecule is CCC(CN)Cc1nncn1C1CC1. The molecule has 2 N–H and O–H groups in total. The minimum absolute atomic E-state index is 0.552. The van der Waals surface area contributed by atoms with Crippen molar-refractivity contribution in [2.45, 2.75) is 38.6 Å². The van der Waals surface area contributed by atoms with Crippen LogP contribution in [0.5, 0.6) is 0 Å². The molecular weight excluding hydrogens is 176 g/mol. The summed E-state index contributed by atoms with van der Waals surface area (Å²) in [7, 11) is 0. The highest BCUT2D eigenvalue weighted by Crippen LogP contribution is 2.35. The van der Waals surface area contributed by atoms with Gasteiger partial charge in [-0.15, -0.1) is 10.2 Å². The molecule has 1 heterocycles. The van der Waals surface area contributed by atoms with Crippen molar-refractivity contribution in [2.75, 3.05) is 6.54 Å². The average Bonchev–Trinajstić information content (AvgIpc) is 2.95. The van der Waals surface area contributed by atoms with Crippen molar-refractivity contribution in [3.63, 3.8) is 0 Å². The van der Waals surface area contributed by atoms with Crippen LogP contribution in [-0.4, -0.2) is 21.3 Å². The Morgan fingerprint density at radius 1 is 1.64 bits per heavy atom. The molecule has 0 aromatic carbocycles. The Labute approximate surface area is 84.5 Å². The highest BCUT2D eigenvalue weighted by Gasteiger charge is 2.26. The van der Waals surface area contributed by atoms with Crippen molar-refractivity contribution >= 4 is 0 Å². The lowest BCUT2D eigenvalue weighted by atomic mass is 10.0. The van der Waals surface area contributed by atoms with Gasteiger partial charge in [-0.25, -0.2) is 0 Å². The van der Waals surface area contributed by atoms with Gasteiger partial charge in [-0.2, -0.15) is 0 Å². The Morgan fingerprint density at radius 3 is 3.00 bits per heavy atom. The van der Waals surface area contributed by atoms with E-state index in [9.17, 15) is 0 Å². The number of hydrogen-bond acceptors (Lipinski definition) is 3. The summed E-state index contributed by atoms with van der Waals surface area (Å²) in [5.41, 5.74) is 5.68. The van der Waals surface area contributed by atoms with Crippen LogP contribution in [0.15, 0.2) is 6.33 Å². The molecule has 1 unspecified atom stereocenters. The molecule has 1 aliphatic rings. The van der Waals surface area contributed by atoms with Crippen molar-refractivity contribution < 1.29 is 0 Å². The molecule has 1 atom stereocenters. The van der Waals surface area contributed by atoms with Gasteiger partial charge in [0.2, 0.25) is 0 Å². The third kappa shape index (κ3) is 1.95. The summed E-state index contributed by atoms with van der Waals surface area (Å²) in [5, 5.41) is 8.15. The van der Waals surface area contributed by atoms with Gasteiger partial charge in [0, 0.05) is 12.5 Å². The average molecular weight is 194 g/mol. The maximum absolute atomic E-state index is 5.68. The first-order valence-electron chi connectivity index (χ1n) is 5.43. The second kappa shape index (κ2) is 4.09. The maximum Gasteiger partial charge on any atom is 0.133 e. The maximum atomic E-state index is 5.68. The van der Waals surface area contributed by atoms with Crippen LogP contribution in [0.3, 0.4) is 0 Å². The number of nitrogens with zero attached hydrogens (tertiary/aromatic N) is 3. The van der Waals surface area contributed by atoms with Crippen molar-refractivity contribution in [2.24, 2.45) is 11.7 Å². The largest absolute Gasteiger partial charge is 0.330 e. The number of rotatable bonds is 5. The fourth-order valence-corrected chi connectivity index (χ4v) is 1.72. The van der Waals surface area contributed by atoms with E-state index >= 15 is 0 Å². The Kier molecular flexibility index (Phi) is 2.82. The smallest absolute Gasteiger partial charge is 0.133 e. The minimum atomic E-state index is 0.552. The standard InChI is InChI=1S/C10H18N4/c1-2-8(6-11)5-10-13-12-7-14(10)9-3-4-9/h7-9H,2-6,11H2,1H3.